The maximum absolute atomic E-state index is 12.4. The van der Waals surface area contributed by atoms with Crippen molar-refractivity contribution >= 4 is 28.8 Å². The van der Waals surface area contributed by atoms with Crippen molar-refractivity contribution in [3.05, 3.63) is 35.7 Å². The number of nitrogens with zero attached hydrogens (tertiary/aromatic N) is 3. The van der Waals surface area contributed by atoms with Crippen LogP contribution in [0.2, 0.25) is 0 Å². The largest absolute Gasteiger partial charge is 0.459 e. The van der Waals surface area contributed by atoms with Gasteiger partial charge in [0.05, 0.1) is 40.7 Å². The predicted molar refractivity (Wildman–Crippen MR) is 101 cm³/mol. The smallest absolute Gasteiger partial charge is 0.307 e. The molecular weight excluding hydrogens is 358 g/mol. The predicted octanol–water partition coefficient (Wildman–Crippen LogP) is 2.55. The maximum Gasteiger partial charge on any atom is 0.307 e. The number of imide groups is 1. The van der Waals surface area contributed by atoms with Crippen molar-refractivity contribution in [2.75, 3.05) is 6.54 Å². The minimum atomic E-state index is -0.454. The molecule has 2 aliphatic rings. The Kier molecular flexibility index (Phi) is 5.07. The molecule has 0 radical (unpaired) electrons. The SMILES string of the molecule is Cc1nc2ccccc2nc1COC(=O)CCN1C(=O)[C@@H]2CCCC[C@H]2C1=O. The van der Waals surface area contributed by atoms with Gasteiger partial charge in [0.25, 0.3) is 0 Å². The Labute approximate surface area is 163 Å². The number of aromatic nitrogens is 2. The van der Waals surface area contributed by atoms with E-state index in [0.29, 0.717) is 11.4 Å². The number of likely N-dealkylation sites (tertiary alicyclic amines) is 1. The third-order valence-electron chi connectivity index (χ3n) is 5.68. The molecule has 7 nitrogen and oxygen atoms in total. The van der Waals surface area contributed by atoms with E-state index in [2.05, 4.69) is 9.97 Å². The average molecular weight is 381 g/mol. The molecule has 1 aliphatic heterocycles. The van der Waals surface area contributed by atoms with Crippen molar-refractivity contribution in [2.45, 2.75) is 45.6 Å². The van der Waals surface area contributed by atoms with Gasteiger partial charge < -0.3 is 4.74 Å². The van der Waals surface area contributed by atoms with Gasteiger partial charge in [0.2, 0.25) is 11.8 Å². The van der Waals surface area contributed by atoms with E-state index in [0.717, 1.165) is 36.7 Å². The second-order valence-electron chi connectivity index (χ2n) is 7.48. The molecule has 4 rings (SSSR count). The first-order valence-corrected chi connectivity index (χ1v) is 9.77. The van der Waals surface area contributed by atoms with Crippen LogP contribution in [0.1, 0.15) is 43.5 Å². The lowest BCUT2D eigenvalue weighted by atomic mass is 9.81. The highest BCUT2D eigenvalue weighted by molar-refractivity contribution is 6.05. The third kappa shape index (κ3) is 3.48. The highest BCUT2D eigenvalue weighted by atomic mass is 16.5. The normalized spacial score (nSPS) is 21.8. The van der Waals surface area contributed by atoms with E-state index in [1.54, 1.807) is 0 Å². The van der Waals surface area contributed by atoms with Gasteiger partial charge in [-0.1, -0.05) is 25.0 Å². The molecular formula is C21H23N3O4. The standard InChI is InChI=1S/C21H23N3O4/c1-13-18(23-17-9-5-4-8-16(17)22-13)12-28-19(25)10-11-24-20(26)14-6-2-3-7-15(14)21(24)27/h4-5,8-9,14-15H,2-3,6-7,10-12H2,1H3/t14-,15-/m1/s1. The van der Waals surface area contributed by atoms with Crippen molar-refractivity contribution in [1.82, 2.24) is 14.9 Å². The molecule has 2 fully saturated rings. The van der Waals surface area contributed by atoms with Gasteiger partial charge in [0, 0.05) is 6.54 Å². The van der Waals surface area contributed by atoms with Crippen LogP contribution in [-0.4, -0.2) is 39.2 Å². The molecule has 0 bridgehead atoms. The Morgan fingerprint density at radius 1 is 1.07 bits per heavy atom. The minimum absolute atomic E-state index is 0.00300. The van der Waals surface area contributed by atoms with Gasteiger partial charge in [0.1, 0.15) is 6.61 Å². The number of benzene rings is 1. The highest BCUT2D eigenvalue weighted by Crippen LogP contribution is 2.37. The number of amides is 2. The summed E-state index contributed by atoms with van der Waals surface area (Å²) in [5, 5.41) is 0. The first-order chi connectivity index (χ1) is 13.5. The van der Waals surface area contributed by atoms with Crippen LogP contribution < -0.4 is 0 Å². The Morgan fingerprint density at radius 2 is 1.68 bits per heavy atom. The second kappa shape index (κ2) is 7.66. The summed E-state index contributed by atoms with van der Waals surface area (Å²) in [4.78, 5) is 47.3. The Morgan fingerprint density at radius 3 is 2.32 bits per heavy atom. The molecule has 0 spiro atoms. The number of aryl methyl sites for hydroxylation is 1. The lowest BCUT2D eigenvalue weighted by Crippen LogP contribution is -2.33. The number of hydrogen-bond acceptors (Lipinski definition) is 6. The van der Waals surface area contributed by atoms with Gasteiger partial charge in [-0.05, 0) is 31.9 Å². The number of fused-ring (bicyclic) bond motifs is 2. The Balaban J connectivity index is 1.33. The molecule has 7 heteroatoms. The van der Waals surface area contributed by atoms with Crippen LogP contribution >= 0.6 is 0 Å². The molecule has 1 aliphatic carbocycles. The van der Waals surface area contributed by atoms with Gasteiger partial charge in [-0.2, -0.15) is 0 Å². The lowest BCUT2D eigenvalue weighted by Gasteiger charge is -2.19. The molecule has 28 heavy (non-hydrogen) atoms. The average Bonchev–Trinajstić information content (AvgIpc) is 2.95. The van der Waals surface area contributed by atoms with Crippen LogP contribution in [0.4, 0.5) is 0 Å². The van der Waals surface area contributed by atoms with Crippen molar-refractivity contribution in [1.29, 1.82) is 0 Å². The fourth-order valence-electron chi connectivity index (χ4n) is 4.14. The Bertz CT molecular complexity index is 918. The molecule has 1 aromatic heterocycles. The van der Waals surface area contributed by atoms with E-state index in [1.807, 2.05) is 31.2 Å². The van der Waals surface area contributed by atoms with Gasteiger partial charge in [-0.15, -0.1) is 0 Å². The van der Waals surface area contributed by atoms with Gasteiger partial charge >= 0.3 is 5.97 Å². The number of para-hydroxylation sites is 2. The summed E-state index contributed by atoms with van der Waals surface area (Å²) in [6, 6.07) is 7.51. The van der Waals surface area contributed by atoms with Crippen LogP contribution in [0.25, 0.3) is 11.0 Å². The fourth-order valence-corrected chi connectivity index (χ4v) is 4.14. The van der Waals surface area contributed by atoms with Crippen molar-refractivity contribution in [2.24, 2.45) is 11.8 Å². The zero-order valence-electron chi connectivity index (χ0n) is 15.9. The lowest BCUT2D eigenvalue weighted by molar-refractivity contribution is -0.146. The monoisotopic (exact) mass is 381 g/mol. The summed E-state index contributed by atoms with van der Waals surface area (Å²) >= 11 is 0. The van der Waals surface area contributed by atoms with Crippen molar-refractivity contribution in [3.63, 3.8) is 0 Å². The third-order valence-corrected chi connectivity index (χ3v) is 5.68. The zero-order valence-corrected chi connectivity index (χ0v) is 15.9. The first-order valence-electron chi connectivity index (χ1n) is 9.77. The van der Waals surface area contributed by atoms with Crippen molar-refractivity contribution < 1.29 is 19.1 Å². The Hall–Kier alpha value is -2.83. The molecule has 1 aromatic carbocycles. The summed E-state index contributed by atoms with van der Waals surface area (Å²) < 4.78 is 5.32. The minimum Gasteiger partial charge on any atom is -0.459 e. The summed E-state index contributed by atoms with van der Waals surface area (Å²) in [6.45, 7) is 1.94. The summed E-state index contributed by atoms with van der Waals surface area (Å²) in [6.07, 6.45) is 3.52. The van der Waals surface area contributed by atoms with Crippen LogP contribution in [0.15, 0.2) is 24.3 Å². The van der Waals surface area contributed by atoms with Gasteiger partial charge in [-0.25, -0.2) is 9.97 Å². The molecule has 0 N–H and O–H groups in total. The van der Waals surface area contributed by atoms with Gasteiger partial charge in [0.15, 0.2) is 0 Å². The van der Waals surface area contributed by atoms with Crippen molar-refractivity contribution in [3.8, 4) is 0 Å². The number of carbonyl (C=O) groups excluding carboxylic acids is 3. The molecule has 2 atom stereocenters. The molecule has 0 unspecified atom stereocenters. The first kappa shape index (κ1) is 18.5. The summed E-state index contributed by atoms with van der Waals surface area (Å²) in [5.41, 5.74) is 2.85. The summed E-state index contributed by atoms with van der Waals surface area (Å²) in [7, 11) is 0. The number of ether oxygens (including phenoxy) is 1. The summed E-state index contributed by atoms with van der Waals surface area (Å²) in [5.74, 6) is -1.08. The van der Waals surface area contributed by atoms with Crippen LogP contribution in [0.3, 0.4) is 0 Å². The zero-order chi connectivity index (χ0) is 19.7. The molecule has 1 saturated heterocycles. The quantitative estimate of drug-likeness (QED) is 0.584. The highest BCUT2D eigenvalue weighted by Gasteiger charge is 2.47. The van der Waals surface area contributed by atoms with Crippen LogP contribution in [0.5, 0.6) is 0 Å². The maximum atomic E-state index is 12.4. The number of esters is 1. The number of rotatable bonds is 5. The van der Waals surface area contributed by atoms with E-state index in [1.165, 1.54) is 4.90 Å². The van der Waals surface area contributed by atoms with E-state index in [9.17, 15) is 14.4 Å². The van der Waals surface area contributed by atoms with E-state index >= 15 is 0 Å². The molecule has 146 valence electrons. The van der Waals surface area contributed by atoms with E-state index < -0.39 is 5.97 Å². The number of hydrogen-bond donors (Lipinski definition) is 0. The molecule has 1 saturated carbocycles. The molecule has 2 amide bonds. The van der Waals surface area contributed by atoms with E-state index in [4.69, 9.17) is 4.74 Å². The fraction of sp³-hybridized carbons (Fsp3) is 0.476. The second-order valence-corrected chi connectivity index (χ2v) is 7.48. The topological polar surface area (TPSA) is 89.5 Å². The van der Waals surface area contributed by atoms with Gasteiger partial charge in [-0.3, -0.25) is 19.3 Å². The van der Waals surface area contributed by atoms with E-state index in [-0.39, 0.29) is 43.2 Å². The van der Waals surface area contributed by atoms with Crippen LogP contribution in [0, 0.1) is 18.8 Å². The molecule has 2 heterocycles. The number of carbonyl (C=O) groups is 3. The van der Waals surface area contributed by atoms with Crippen LogP contribution in [-0.2, 0) is 25.7 Å². The molecule has 2 aromatic rings.